The molecule has 0 aliphatic heterocycles. The maximum Gasteiger partial charge on any atom is 0.414 e. The zero-order valence-corrected chi connectivity index (χ0v) is 4.33. The minimum Gasteiger partial charge on any atom is -0.367 e. The molecule has 1 nitrogen and oxygen atoms in total. The molecule has 0 aromatic rings. The van der Waals surface area contributed by atoms with E-state index in [4.69, 9.17) is 0 Å². The molecule has 0 saturated heterocycles. The van der Waals surface area contributed by atoms with Gasteiger partial charge >= 0.3 is 6.18 Å². The molecule has 0 unspecified atom stereocenters. The Morgan fingerprint density at radius 3 is 1.88 bits per heavy atom. The molecule has 0 saturated carbocycles. The standard InChI is InChI=1S/C4H6F3O/c1-3(8-2)4(5,6)7/h3H,2H2,1H3/t3-/m1/s1. The summed E-state index contributed by atoms with van der Waals surface area (Å²) in [5.74, 6) is 0. The Kier molecular flexibility index (Phi) is 2.27. The smallest absolute Gasteiger partial charge is 0.367 e. The van der Waals surface area contributed by atoms with Gasteiger partial charge in [0.25, 0.3) is 0 Å². The van der Waals surface area contributed by atoms with Crippen molar-refractivity contribution in [3.63, 3.8) is 0 Å². The van der Waals surface area contributed by atoms with Crippen molar-refractivity contribution in [2.24, 2.45) is 0 Å². The van der Waals surface area contributed by atoms with Crippen LogP contribution in [0.3, 0.4) is 0 Å². The molecular weight excluding hydrogens is 121 g/mol. The number of alkyl halides is 3. The molecule has 0 aromatic heterocycles. The summed E-state index contributed by atoms with van der Waals surface area (Å²) in [5, 5.41) is 0. The van der Waals surface area contributed by atoms with Crippen LogP contribution in [0.4, 0.5) is 13.2 Å². The van der Waals surface area contributed by atoms with Crippen molar-refractivity contribution in [2.75, 3.05) is 0 Å². The van der Waals surface area contributed by atoms with Crippen LogP contribution in [0.15, 0.2) is 0 Å². The van der Waals surface area contributed by atoms with Gasteiger partial charge in [-0.15, -0.1) is 0 Å². The van der Waals surface area contributed by atoms with Crippen molar-refractivity contribution >= 4 is 0 Å². The van der Waals surface area contributed by atoms with Crippen LogP contribution in [-0.2, 0) is 4.74 Å². The summed E-state index contributed by atoms with van der Waals surface area (Å²) in [4.78, 5) is 0. The van der Waals surface area contributed by atoms with E-state index in [1.165, 1.54) is 0 Å². The maximum absolute atomic E-state index is 11.3. The Morgan fingerprint density at radius 2 is 1.88 bits per heavy atom. The minimum absolute atomic E-state index is 0.896. The fourth-order valence-electron chi connectivity index (χ4n) is 0.0945. The third-order valence-electron chi connectivity index (χ3n) is 0.711. The van der Waals surface area contributed by atoms with Crippen molar-refractivity contribution in [1.29, 1.82) is 0 Å². The minimum atomic E-state index is -4.28. The Bertz CT molecular complexity index is 68.2. The van der Waals surface area contributed by atoms with Crippen LogP contribution in [0.5, 0.6) is 0 Å². The monoisotopic (exact) mass is 127 g/mol. The second-order valence-corrected chi connectivity index (χ2v) is 1.35. The largest absolute Gasteiger partial charge is 0.414 e. The van der Waals surface area contributed by atoms with E-state index in [9.17, 15) is 13.2 Å². The Morgan fingerprint density at radius 1 is 1.50 bits per heavy atom. The van der Waals surface area contributed by atoms with E-state index in [1.807, 2.05) is 0 Å². The van der Waals surface area contributed by atoms with Gasteiger partial charge in [-0.1, -0.05) is 0 Å². The Hall–Kier alpha value is -0.250. The summed E-state index contributed by atoms with van der Waals surface area (Å²) in [6.07, 6.45) is -6.04. The quantitative estimate of drug-likeness (QED) is 0.521. The van der Waals surface area contributed by atoms with Gasteiger partial charge in [-0.3, -0.25) is 0 Å². The summed E-state index contributed by atoms with van der Waals surface area (Å²) in [6, 6.07) is 0. The molecule has 4 heteroatoms. The predicted molar refractivity (Wildman–Crippen MR) is 22.0 cm³/mol. The molecule has 0 heterocycles. The van der Waals surface area contributed by atoms with Gasteiger partial charge in [-0.05, 0) is 6.92 Å². The first-order valence-corrected chi connectivity index (χ1v) is 1.96. The first-order chi connectivity index (χ1) is 3.48. The first-order valence-electron chi connectivity index (χ1n) is 1.96. The van der Waals surface area contributed by atoms with E-state index in [2.05, 4.69) is 11.8 Å². The van der Waals surface area contributed by atoms with E-state index in [1.54, 1.807) is 0 Å². The number of halogens is 3. The lowest BCUT2D eigenvalue weighted by atomic mass is 10.4. The molecule has 0 spiro atoms. The number of hydrogen-bond donors (Lipinski definition) is 0. The van der Waals surface area contributed by atoms with Crippen molar-refractivity contribution in [1.82, 2.24) is 0 Å². The average Bonchev–Trinajstić information content (AvgIpc) is 1.62. The van der Waals surface area contributed by atoms with Crippen LogP contribution in [0.1, 0.15) is 6.92 Å². The average molecular weight is 127 g/mol. The van der Waals surface area contributed by atoms with Crippen LogP contribution >= 0.6 is 0 Å². The summed E-state index contributed by atoms with van der Waals surface area (Å²) >= 11 is 0. The normalized spacial score (nSPS) is 16.1. The highest BCUT2D eigenvalue weighted by Gasteiger charge is 2.35. The van der Waals surface area contributed by atoms with Gasteiger partial charge in [-0.2, -0.15) is 13.2 Å². The predicted octanol–water partition coefficient (Wildman–Crippen LogP) is 1.75. The Balaban J connectivity index is 3.62. The van der Waals surface area contributed by atoms with E-state index < -0.39 is 12.3 Å². The van der Waals surface area contributed by atoms with Crippen molar-refractivity contribution in [3.8, 4) is 0 Å². The molecular formula is C4H6F3O. The SMILES string of the molecule is [CH2]O[C@H](C)C(F)(F)F. The molecule has 49 valence electrons. The van der Waals surface area contributed by atoms with Crippen molar-refractivity contribution < 1.29 is 17.9 Å². The van der Waals surface area contributed by atoms with E-state index in [0.29, 0.717) is 0 Å². The lowest BCUT2D eigenvalue weighted by Crippen LogP contribution is -2.26. The highest BCUT2D eigenvalue weighted by atomic mass is 19.4. The second-order valence-electron chi connectivity index (χ2n) is 1.35. The summed E-state index contributed by atoms with van der Waals surface area (Å²) in [6.45, 7) is 0.896. The molecule has 0 N–H and O–H groups in total. The highest BCUT2D eigenvalue weighted by Crippen LogP contribution is 2.21. The molecule has 0 rings (SSSR count). The molecule has 0 bridgehead atoms. The summed E-state index contributed by atoms with van der Waals surface area (Å²) in [7, 11) is 2.63. The van der Waals surface area contributed by atoms with Crippen LogP contribution in [0, 0.1) is 7.11 Å². The summed E-state index contributed by atoms with van der Waals surface area (Å²) < 4.78 is 37.6. The zero-order chi connectivity index (χ0) is 6.78. The maximum atomic E-state index is 11.3. The molecule has 0 aliphatic rings. The van der Waals surface area contributed by atoms with Crippen LogP contribution in [0.25, 0.3) is 0 Å². The van der Waals surface area contributed by atoms with E-state index in [-0.39, 0.29) is 0 Å². The van der Waals surface area contributed by atoms with Gasteiger partial charge in [0.2, 0.25) is 0 Å². The van der Waals surface area contributed by atoms with Gasteiger partial charge in [-0.25, -0.2) is 0 Å². The Labute approximate surface area is 45.4 Å². The molecule has 0 fully saturated rings. The third kappa shape index (κ3) is 2.16. The molecule has 0 aromatic carbocycles. The summed E-state index contributed by atoms with van der Waals surface area (Å²) in [5.41, 5.74) is 0. The third-order valence-corrected chi connectivity index (χ3v) is 0.711. The number of ether oxygens (including phenoxy) is 1. The van der Waals surface area contributed by atoms with Gasteiger partial charge in [0, 0.05) is 0 Å². The van der Waals surface area contributed by atoms with Crippen molar-refractivity contribution in [2.45, 2.75) is 19.2 Å². The zero-order valence-electron chi connectivity index (χ0n) is 4.33. The van der Waals surface area contributed by atoms with E-state index >= 15 is 0 Å². The van der Waals surface area contributed by atoms with Crippen LogP contribution in [-0.4, -0.2) is 12.3 Å². The van der Waals surface area contributed by atoms with Crippen LogP contribution in [0.2, 0.25) is 0 Å². The number of hydrogen-bond acceptors (Lipinski definition) is 1. The fourth-order valence-corrected chi connectivity index (χ4v) is 0.0945. The lowest BCUT2D eigenvalue weighted by molar-refractivity contribution is -0.200. The van der Waals surface area contributed by atoms with Gasteiger partial charge < -0.3 is 4.74 Å². The molecule has 8 heavy (non-hydrogen) atoms. The van der Waals surface area contributed by atoms with Gasteiger partial charge in [0.1, 0.15) is 0 Å². The molecule has 1 atom stereocenters. The van der Waals surface area contributed by atoms with E-state index in [0.717, 1.165) is 6.92 Å². The molecule has 1 radical (unpaired) electrons. The van der Waals surface area contributed by atoms with Gasteiger partial charge in [0.15, 0.2) is 6.10 Å². The second kappa shape index (κ2) is 2.35. The van der Waals surface area contributed by atoms with Crippen molar-refractivity contribution in [3.05, 3.63) is 7.11 Å². The van der Waals surface area contributed by atoms with Gasteiger partial charge in [0.05, 0.1) is 7.11 Å². The number of rotatable bonds is 1. The topological polar surface area (TPSA) is 9.23 Å². The molecule has 0 amide bonds. The highest BCUT2D eigenvalue weighted by molar-refractivity contribution is 4.59. The lowest BCUT2D eigenvalue weighted by Gasteiger charge is -2.11. The fraction of sp³-hybridized carbons (Fsp3) is 0.750. The molecule has 0 aliphatic carbocycles. The first kappa shape index (κ1) is 7.75. The van der Waals surface area contributed by atoms with Crippen LogP contribution < -0.4 is 0 Å².